The minimum atomic E-state index is -1.36. The number of carbonyl (C=O) groups is 4. The van der Waals surface area contributed by atoms with Crippen molar-refractivity contribution in [3.8, 4) is 0 Å². The molecule has 0 amide bonds. The largest absolute Gasteiger partial charge is 0.465 e. The Morgan fingerprint density at radius 1 is 0.561 bits per heavy atom. The van der Waals surface area contributed by atoms with Gasteiger partial charge in [0.15, 0.2) is 24.6 Å². The summed E-state index contributed by atoms with van der Waals surface area (Å²) in [6, 6.07) is 28.8. The van der Waals surface area contributed by atoms with Crippen LogP contribution in [-0.2, 0) is 86.4 Å². The first-order valence-corrected chi connectivity index (χ1v) is 19.5. The van der Waals surface area contributed by atoms with E-state index in [-0.39, 0.29) is 33.0 Å². The van der Waals surface area contributed by atoms with Gasteiger partial charge in [0.2, 0.25) is 0 Å². The molecule has 2 fully saturated rings. The number of methoxy groups -OCH3 is 1. The Bertz CT molecular complexity index is 1710. The Balaban J connectivity index is 1.56. The summed E-state index contributed by atoms with van der Waals surface area (Å²) in [4.78, 5) is 49.7. The summed E-state index contributed by atoms with van der Waals surface area (Å²) in [5.74, 6) is -2.73. The van der Waals surface area contributed by atoms with Gasteiger partial charge in [-0.3, -0.25) is 19.2 Å². The van der Waals surface area contributed by atoms with Crippen LogP contribution in [0.5, 0.6) is 0 Å². The SMILES string of the molecule is CO[C@H]1O[C@H](COCc2ccccc2)[C@@H](O[C@H]2S[C@H](COC(C)=O)[C@@H](OC(C)=O)[C@H](OC(C)=O)[C@H]2OC(C)=O)[C@H](OCc2ccccc2)[C@H]1OCc1ccccc1. The highest BCUT2D eigenvalue weighted by molar-refractivity contribution is 8.00. The van der Waals surface area contributed by atoms with Gasteiger partial charge in [-0.1, -0.05) is 91.0 Å². The average Bonchev–Trinajstić information content (AvgIpc) is 3.19. The molecule has 0 N–H and O–H groups in total. The maximum atomic E-state index is 12.7. The minimum absolute atomic E-state index is 0.00592. The third kappa shape index (κ3) is 13.1. The third-order valence-corrected chi connectivity index (χ3v) is 10.4. The zero-order chi connectivity index (χ0) is 40.7. The van der Waals surface area contributed by atoms with E-state index in [1.165, 1.54) is 34.8 Å². The van der Waals surface area contributed by atoms with Gasteiger partial charge in [0.05, 0.1) is 31.7 Å². The molecule has 5 rings (SSSR count). The first kappa shape index (κ1) is 43.8. The van der Waals surface area contributed by atoms with E-state index >= 15 is 0 Å². The lowest BCUT2D eigenvalue weighted by atomic mass is 9.97. The standard InChI is InChI=1S/C42H50O14S/c1-26(43)49-25-34-36(52-27(2)44)38(53-28(3)45)40(54-29(4)46)42(57-34)56-35-33(24-48-21-30-15-9-6-10-16-30)55-41(47-5)39(51-23-32-19-13-8-14-20-32)37(35)50-22-31-17-11-7-12-18-31/h6-20,33-42H,21-25H2,1-5H3/t33-,34-,35-,36-,37+,38+,39-,40-,41+,42+/m1/s1. The van der Waals surface area contributed by atoms with Crippen LogP contribution in [0, 0.1) is 0 Å². The molecule has 0 aromatic heterocycles. The van der Waals surface area contributed by atoms with Gasteiger partial charge >= 0.3 is 23.9 Å². The molecule has 0 spiro atoms. The lowest BCUT2D eigenvalue weighted by Gasteiger charge is -2.49. The number of benzene rings is 3. The Kier molecular flexibility index (Phi) is 16.9. The van der Waals surface area contributed by atoms with Crippen LogP contribution in [0.4, 0.5) is 0 Å². The summed E-state index contributed by atoms with van der Waals surface area (Å²) in [5.41, 5.74) is 1.57. The molecule has 57 heavy (non-hydrogen) atoms. The molecule has 0 aliphatic carbocycles. The van der Waals surface area contributed by atoms with E-state index in [4.69, 9.17) is 47.4 Å². The van der Waals surface area contributed by atoms with E-state index in [1.807, 2.05) is 91.0 Å². The molecule has 3 aromatic carbocycles. The van der Waals surface area contributed by atoms with Crippen LogP contribution in [0.15, 0.2) is 91.0 Å². The van der Waals surface area contributed by atoms with E-state index in [9.17, 15) is 19.2 Å². The fraction of sp³-hybridized carbons (Fsp3) is 0.476. The second kappa shape index (κ2) is 22.0. The number of carbonyl (C=O) groups excluding carboxylic acids is 4. The Hall–Kier alpha value is -4.35. The van der Waals surface area contributed by atoms with Crippen molar-refractivity contribution < 1.29 is 66.5 Å². The normalized spacial score (nSPS) is 27.2. The number of hydrogen-bond acceptors (Lipinski definition) is 15. The Morgan fingerprint density at radius 3 is 1.56 bits per heavy atom. The zero-order valence-electron chi connectivity index (χ0n) is 32.6. The fourth-order valence-electron chi connectivity index (χ4n) is 6.59. The van der Waals surface area contributed by atoms with Crippen LogP contribution >= 0.6 is 11.8 Å². The van der Waals surface area contributed by atoms with Gasteiger partial charge < -0.3 is 47.4 Å². The van der Waals surface area contributed by atoms with Gasteiger partial charge in [-0.25, -0.2) is 0 Å². The first-order valence-electron chi connectivity index (χ1n) is 18.6. The van der Waals surface area contributed by atoms with Crippen LogP contribution in [0.2, 0.25) is 0 Å². The third-order valence-electron chi connectivity index (χ3n) is 9.03. The molecule has 0 saturated carbocycles. The monoisotopic (exact) mass is 810 g/mol. The van der Waals surface area contributed by atoms with Gasteiger partial charge in [-0.05, 0) is 16.7 Å². The van der Waals surface area contributed by atoms with Crippen LogP contribution < -0.4 is 0 Å². The molecule has 2 aliphatic heterocycles. The summed E-state index contributed by atoms with van der Waals surface area (Å²) in [6.45, 7) is 5.14. The lowest BCUT2D eigenvalue weighted by Crippen LogP contribution is -2.65. The fourth-order valence-corrected chi connectivity index (χ4v) is 8.00. The van der Waals surface area contributed by atoms with E-state index < -0.39 is 83.6 Å². The predicted octanol–water partition coefficient (Wildman–Crippen LogP) is 4.93. The number of rotatable bonds is 18. The Labute approximate surface area is 336 Å². The second-order valence-corrected chi connectivity index (χ2v) is 14.8. The van der Waals surface area contributed by atoms with Gasteiger partial charge in [0.1, 0.15) is 36.5 Å². The Morgan fingerprint density at radius 2 is 1.05 bits per heavy atom. The van der Waals surface area contributed by atoms with Crippen LogP contribution in [0.25, 0.3) is 0 Å². The van der Waals surface area contributed by atoms with Crippen molar-refractivity contribution in [2.24, 2.45) is 0 Å². The molecular weight excluding hydrogens is 761 g/mol. The summed E-state index contributed by atoms with van der Waals surface area (Å²) in [6.07, 6.45) is -8.46. The van der Waals surface area contributed by atoms with Crippen molar-refractivity contribution in [1.29, 1.82) is 0 Å². The molecule has 3 aromatic rings. The molecule has 0 radical (unpaired) electrons. The molecule has 14 nitrogen and oxygen atoms in total. The maximum absolute atomic E-state index is 12.7. The highest BCUT2D eigenvalue weighted by atomic mass is 32.2. The average molecular weight is 811 g/mol. The predicted molar refractivity (Wildman–Crippen MR) is 205 cm³/mol. The van der Waals surface area contributed by atoms with E-state index in [1.54, 1.807) is 0 Å². The van der Waals surface area contributed by atoms with E-state index in [2.05, 4.69) is 0 Å². The van der Waals surface area contributed by atoms with Crippen LogP contribution in [0.1, 0.15) is 44.4 Å². The van der Waals surface area contributed by atoms with Gasteiger partial charge in [-0.15, -0.1) is 11.8 Å². The van der Waals surface area contributed by atoms with Crippen molar-refractivity contribution in [3.05, 3.63) is 108 Å². The molecule has 308 valence electrons. The molecule has 2 heterocycles. The molecule has 0 bridgehead atoms. The summed E-state index contributed by atoms with van der Waals surface area (Å²) >= 11 is 1.09. The minimum Gasteiger partial charge on any atom is -0.465 e. The summed E-state index contributed by atoms with van der Waals surface area (Å²) < 4.78 is 61.6. The smallest absolute Gasteiger partial charge is 0.303 e. The zero-order valence-corrected chi connectivity index (χ0v) is 33.4. The number of hydrogen-bond donors (Lipinski definition) is 0. The summed E-state index contributed by atoms with van der Waals surface area (Å²) in [7, 11) is 1.51. The molecule has 0 unspecified atom stereocenters. The second-order valence-electron chi connectivity index (χ2n) is 13.5. The van der Waals surface area contributed by atoms with Gasteiger partial charge in [-0.2, -0.15) is 0 Å². The van der Waals surface area contributed by atoms with Crippen molar-refractivity contribution in [2.75, 3.05) is 20.3 Å². The first-order chi connectivity index (χ1) is 27.5. The highest BCUT2D eigenvalue weighted by Crippen LogP contribution is 2.42. The topological polar surface area (TPSA) is 161 Å². The van der Waals surface area contributed by atoms with Crippen molar-refractivity contribution >= 4 is 35.6 Å². The van der Waals surface area contributed by atoms with Crippen LogP contribution in [-0.4, -0.2) is 104 Å². The maximum Gasteiger partial charge on any atom is 0.303 e. The van der Waals surface area contributed by atoms with E-state index in [0.717, 1.165) is 28.5 Å². The summed E-state index contributed by atoms with van der Waals surface area (Å²) in [5, 5.41) is -0.836. The molecular formula is C42H50O14S. The highest BCUT2D eigenvalue weighted by Gasteiger charge is 2.56. The van der Waals surface area contributed by atoms with Crippen molar-refractivity contribution in [1.82, 2.24) is 0 Å². The number of ether oxygens (including phenoxy) is 10. The van der Waals surface area contributed by atoms with Crippen LogP contribution in [0.3, 0.4) is 0 Å². The number of thioether (sulfide) groups is 1. The molecule has 10 atom stereocenters. The quantitative estimate of drug-likeness (QED) is 0.126. The van der Waals surface area contributed by atoms with E-state index in [0.29, 0.717) is 0 Å². The van der Waals surface area contributed by atoms with Crippen molar-refractivity contribution in [3.63, 3.8) is 0 Å². The number of esters is 4. The molecule has 2 aliphatic rings. The molecule has 2 saturated heterocycles. The van der Waals surface area contributed by atoms with Gasteiger partial charge in [0.25, 0.3) is 0 Å². The van der Waals surface area contributed by atoms with Gasteiger partial charge in [0, 0.05) is 34.8 Å². The van der Waals surface area contributed by atoms with Crippen molar-refractivity contribution in [2.45, 2.75) is 107 Å². The molecule has 15 heteroatoms. The lowest BCUT2D eigenvalue weighted by molar-refractivity contribution is -0.326.